The van der Waals surface area contributed by atoms with Gasteiger partial charge in [0.15, 0.2) is 0 Å². The molecule has 0 saturated heterocycles. The first kappa shape index (κ1) is 21.5. The molecular weight excluding hydrogens is 407 g/mol. The molecule has 0 saturated carbocycles. The Kier molecular flexibility index (Phi) is 7.95. The van der Waals surface area contributed by atoms with E-state index in [1.54, 1.807) is 12.1 Å². The summed E-state index contributed by atoms with van der Waals surface area (Å²) in [4.78, 5) is 12.0. The van der Waals surface area contributed by atoms with Crippen molar-refractivity contribution in [1.82, 2.24) is 5.32 Å². The van der Waals surface area contributed by atoms with E-state index in [-0.39, 0.29) is 23.9 Å². The van der Waals surface area contributed by atoms with Crippen LogP contribution in [-0.4, -0.2) is 33.7 Å². The van der Waals surface area contributed by atoms with Gasteiger partial charge in [0, 0.05) is 19.5 Å². The van der Waals surface area contributed by atoms with Crippen molar-refractivity contribution in [2.24, 2.45) is 0 Å². The number of nitrogens with one attached hydrogen (secondary N) is 1. The van der Waals surface area contributed by atoms with Crippen molar-refractivity contribution in [1.29, 1.82) is 0 Å². The van der Waals surface area contributed by atoms with Gasteiger partial charge >= 0.3 is 0 Å². The van der Waals surface area contributed by atoms with Crippen molar-refractivity contribution in [3.63, 3.8) is 0 Å². The van der Waals surface area contributed by atoms with Crippen LogP contribution >= 0.6 is 23.2 Å². The minimum Gasteiger partial charge on any atom is -0.356 e. The molecule has 0 heterocycles. The molecule has 27 heavy (non-hydrogen) atoms. The highest BCUT2D eigenvalue weighted by molar-refractivity contribution is 7.92. The van der Waals surface area contributed by atoms with Crippen molar-refractivity contribution in [3.05, 3.63) is 64.1 Å². The van der Waals surface area contributed by atoms with E-state index in [2.05, 4.69) is 5.32 Å². The summed E-state index contributed by atoms with van der Waals surface area (Å²) < 4.78 is 25.4. The Balaban J connectivity index is 1.84. The minimum atomic E-state index is -3.50. The normalized spacial score (nSPS) is 11.2. The number of carbonyl (C=O) groups excluding carboxylic acids is 1. The highest BCUT2D eigenvalue weighted by atomic mass is 35.5. The highest BCUT2D eigenvalue weighted by Gasteiger charge is 2.18. The summed E-state index contributed by atoms with van der Waals surface area (Å²) in [6, 6.07) is 14.5. The SMILES string of the molecule is CS(=O)(=O)N(CCCC(=O)NCCc1ccccc1)c1ccc(Cl)c(Cl)c1. The molecule has 1 N–H and O–H groups in total. The van der Waals surface area contributed by atoms with E-state index < -0.39 is 10.0 Å². The molecule has 0 bridgehead atoms. The topological polar surface area (TPSA) is 66.5 Å². The molecule has 146 valence electrons. The maximum Gasteiger partial charge on any atom is 0.232 e. The number of nitrogens with zero attached hydrogens (tertiary/aromatic N) is 1. The number of sulfonamides is 1. The van der Waals surface area contributed by atoms with E-state index in [0.717, 1.165) is 18.2 Å². The summed E-state index contributed by atoms with van der Waals surface area (Å²) in [6.07, 6.45) is 2.51. The van der Waals surface area contributed by atoms with Crippen LogP contribution in [0.2, 0.25) is 10.0 Å². The molecule has 0 spiro atoms. The van der Waals surface area contributed by atoms with E-state index in [0.29, 0.717) is 23.7 Å². The second-order valence-corrected chi connectivity index (χ2v) is 8.84. The second-order valence-electron chi connectivity index (χ2n) is 6.12. The van der Waals surface area contributed by atoms with Crippen LogP contribution in [0.1, 0.15) is 18.4 Å². The van der Waals surface area contributed by atoms with Crippen LogP contribution in [0.25, 0.3) is 0 Å². The van der Waals surface area contributed by atoms with Crippen LogP contribution in [-0.2, 0) is 21.2 Å². The van der Waals surface area contributed by atoms with Gasteiger partial charge in [-0.3, -0.25) is 9.10 Å². The molecular formula is C19H22Cl2N2O3S. The van der Waals surface area contributed by atoms with Gasteiger partial charge in [-0.05, 0) is 36.6 Å². The van der Waals surface area contributed by atoms with E-state index in [1.807, 2.05) is 30.3 Å². The Labute approximate surface area is 170 Å². The molecule has 2 aromatic rings. The fraction of sp³-hybridized carbons (Fsp3) is 0.316. The quantitative estimate of drug-likeness (QED) is 0.658. The maximum atomic E-state index is 12.1. The Morgan fingerprint density at radius 2 is 1.78 bits per heavy atom. The number of benzene rings is 2. The molecule has 0 unspecified atom stereocenters. The molecule has 2 rings (SSSR count). The molecule has 5 nitrogen and oxygen atoms in total. The van der Waals surface area contributed by atoms with E-state index in [9.17, 15) is 13.2 Å². The number of anilines is 1. The predicted molar refractivity (Wildman–Crippen MR) is 111 cm³/mol. The van der Waals surface area contributed by atoms with E-state index in [4.69, 9.17) is 23.2 Å². The Morgan fingerprint density at radius 3 is 2.41 bits per heavy atom. The smallest absolute Gasteiger partial charge is 0.232 e. The first-order valence-electron chi connectivity index (χ1n) is 8.51. The van der Waals surface area contributed by atoms with Gasteiger partial charge in [0.25, 0.3) is 0 Å². The molecule has 0 fully saturated rings. The van der Waals surface area contributed by atoms with Crippen molar-refractivity contribution in [3.8, 4) is 0 Å². The van der Waals surface area contributed by atoms with Crippen LogP contribution in [0, 0.1) is 0 Å². The fourth-order valence-electron chi connectivity index (χ4n) is 2.59. The summed E-state index contributed by atoms with van der Waals surface area (Å²) in [5.74, 6) is -0.103. The summed E-state index contributed by atoms with van der Waals surface area (Å²) in [5, 5.41) is 3.49. The number of rotatable bonds is 9. The molecule has 2 aromatic carbocycles. The molecule has 0 aromatic heterocycles. The summed E-state index contributed by atoms with van der Waals surface area (Å²) in [7, 11) is -3.50. The summed E-state index contributed by atoms with van der Waals surface area (Å²) in [5.41, 5.74) is 1.58. The molecule has 0 aliphatic rings. The van der Waals surface area contributed by atoms with E-state index >= 15 is 0 Å². The monoisotopic (exact) mass is 428 g/mol. The van der Waals surface area contributed by atoms with Gasteiger partial charge in [0.05, 0.1) is 22.0 Å². The molecule has 0 atom stereocenters. The Hall–Kier alpha value is -1.76. The lowest BCUT2D eigenvalue weighted by atomic mass is 10.1. The summed E-state index contributed by atoms with van der Waals surface area (Å²) >= 11 is 11.9. The number of hydrogen-bond donors (Lipinski definition) is 1. The van der Waals surface area contributed by atoms with Gasteiger partial charge in [0.2, 0.25) is 15.9 Å². The number of amides is 1. The van der Waals surface area contributed by atoms with Crippen LogP contribution in [0.4, 0.5) is 5.69 Å². The van der Waals surface area contributed by atoms with Crippen molar-refractivity contribution >= 4 is 44.8 Å². The van der Waals surface area contributed by atoms with Crippen LogP contribution < -0.4 is 9.62 Å². The minimum absolute atomic E-state index is 0.103. The van der Waals surface area contributed by atoms with Crippen molar-refractivity contribution < 1.29 is 13.2 Å². The van der Waals surface area contributed by atoms with Gasteiger partial charge in [-0.1, -0.05) is 53.5 Å². The number of halogens is 2. The maximum absolute atomic E-state index is 12.1. The third-order valence-electron chi connectivity index (χ3n) is 3.94. The van der Waals surface area contributed by atoms with Gasteiger partial charge in [-0.15, -0.1) is 0 Å². The van der Waals surface area contributed by atoms with Gasteiger partial charge in [-0.2, -0.15) is 0 Å². The zero-order chi connectivity index (χ0) is 19.9. The summed E-state index contributed by atoms with van der Waals surface area (Å²) in [6.45, 7) is 0.730. The zero-order valence-corrected chi connectivity index (χ0v) is 17.3. The van der Waals surface area contributed by atoms with Crippen LogP contribution in [0.3, 0.4) is 0 Å². The first-order valence-corrected chi connectivity index (χ1v) is 11.1. The standard InChI is InChI=1S/C19H22Cl2N2O3S/c1-27(25,26)23(16-9-10-17(20)18(21)14-16)13-5-8-19(24)22-12-11-15-6-3-2-4-7-15/h2-4,6-7,9-10,14H,5,8,11-13H2,1H3,(H,22,24). The van der Waals surface area contributed by atoms with E-state index in [1.165, 1.54) is 10.4 Å². The molecule has 0 aliphatic carbocycles. The first-order chi connectivity index (χ1) is 12.8. The van der Waals surface area contributed by atoms with Gasteiger partial charge in [-0.25, -0.2) is 8.42 Å². The largest absolute Gasteiger partial charge is 0.356 e. The van der Waals surface area contributed by atoms with Crippen LogP contribution in [0.5, 0.6) is 0 Å². The second kappa shape index (κ2) is 9.97. The molecule has 0 radical (unpaired) electrons. The van der Waals surface area contributed by atoms with Crippen LogP contribution in [0.15, 0.2) is 48.5 Å². The third-order valence-corrected chi connectivity index (χ3v) is 5.87. The lowest BCUT2D eigenvalue weighted by Gasteiger charge is -2.22. The van der Waals surface area contributed by atoms with Gasteiger partial charge < -0.3 is 5.32 Å². The Bertz CT molecular complexity index is 874. The highest BCUT2D eigenvalue weighted by Crippen LogP contribution is 2.28. The predicted octanol–water partition coefficient (Wildman–Crippen LogP) is 3.90. The zero-order valence-electron chi connectivity index (χ0n) is 15.0. The lowest BCUT2D eigenvalue weighted by Crippen LogP contribution is -2.32. The Morgan fingerprint density at radius 1 is 1.07 bits per heavy atom. The van der Waals surface area contributed by atoms with Crippen molar-refractivity contribution in [2.45, 2.75) is 19.3 Å². The number of hydrogen-bond acceptors (Lipinski definition) is 3. The number of carbonyl (C=O) groups is 1. The average Bonchev–Trinajstić information content (AvgIpc) is 2.61. The van der Waals surface area contributed by atoms with Gasteiger partial charge in [0.1, 0.15) is 0 Å². The van der Waals surface area contributed by atoms with Crippen molar-refractivity contribution in [2.75, 3.05) is 23.7 Å². The molecule has 0 aliphatic heterocycles. The lowest BCUT2D eigenvalue weighted by molar-refractivity contribution is -0.121. The fourth-order valence-corrected chi connectivity index (χ4v) is 3.84. The molecule has 1 amide bonds. The third kappa shape index (κ3) is 7.05. The average molecular weight is 429 g/mol. The molecule has 8 heteroatoms.